The highest BCUT2D eigenvalue weighted by atomic mass is 31.3. The van der Waals surface area contributed by atoms with Gasteiger partial charge in [-0.1, -0.05) is 98.9 Å². The van der Waals surface area contributed by atoms with Crippen LogP contribution in [0.2, 0.25) is 0 Å². The molecule has 2 aliphatic heterocycles. The Morgan fingerprint density at radius 2 is 0.857 bits per heavy atom. The minimum absolute atomic E-state index is 0.00232. The van der Waals surface area contributed by atoms with Gasteiger partial charge < -0.3 is 138 Å². The van der Waals surface area contributed by atoms with E-state index in [9.17, 15) is 116 Å². The van der Waals surface area contributed by atoms with Crippen LogP contribution >= 0.6 is 46.9 Å². The Morgan fingerprint density at radius 3 is 1.24 bits per heavy atom. The van der Waals surface area contributed by atoms with Gasteiger partial charge in [0, 0.05) is 73.5 Å². The molecule has 54 heteroatoms. The van der Waals surface area contributed by atoms with E-state index in [1.165, 1.54) is 27.7 Å². The van der Waals surface area contributed by atoms with E-state index < -0.39 is 180 Å². The molecule has 0 saturated carbocycles. The molecule has 0 aliphatic carbocycles. The fourth-order valence-electron chi connectivity index (χ4n) is 12.3. The third kappa shape index (κ3) is 30.2. The molecule has 0 spiro atoms. The summed E-state index contributed by atoms with van der Waals surface area (Å²) in [6.45, 7) is 6.62. The van der Waals surface area contributed by atoms with Crippen LogP contribution < -0.4 is 71.9 Å². The standard InChI is InChI=1S/C65H104N14O34P6/c1-62(2,42(80)19-25-68-44(82)21-27-70-58(88)52(86)64(5,6)32-106-118(100,101)112-116(96,97)104-30-40-50(110-114(90,91)92)48(84)60(108-40)78-36-76-46-54(66)72-34-74-56(46)78)23-12-9-10-15-38-17-14-18-39(29-38)16-11-13-24-63(3,4)43(81)20-26-69-45(83)22-28-71-59(89)53(87)65(7,8)33-107-119(102,103)113-117(98,99)105-31-41-51(111-115(93,94)95)49(85)61(109-41)79-37-77-47-55(67)73-35-75-57(47)79/h14,17-18,29,34-37,40-41,48-53,60-61,84-87H,9-13,15-16,19-28,30-33H2,1-8H3,(H,68,82)(H,69,83)(H,70,88)(H,71,89)(H,96,97)(H,98,99)(H,100,101)(H,102,103)(H2,66,72,74)(H2,67,73,75)(H2,90,91,92)(H2,93,94,95)/p-8. The summed E-state index contributed by atoms with van der Waals surface area (Å²) < 4.78 is 123. The molecule has 14 atom stereocenters. The minimum Gasteiger partial charge on any atom is -0.790 e. The molecule has 2 saturated heterocycles. The number of aryl methyl sites for hydroxylation is 2. The first-order chi connectivity index (χ1) is 55.1. The number of carbonyl (C=O) groups is 6. The Kier molecular flexibility index (Phi) is 35.1. The summed E-state index contributed by atoms with van der Waals surface area (Å²) in [4.78, 5) is 198. The van der Waals surface area contributed by atoms with E-state index in [-0.39, 0.29) is 97.4 Å². The number of aliphatic hydroxyl groups excluding tert-OH is 4. The number of benzene rings is 1. The fraction of sp³-hybridized carbons (Fsp3) is 0.662. The molecule has 4 aromatic heterocycles. The van der Waals surface area contributed by atoms with Crippen LogP contribution in [0.4, 0.5) is 11.6 Å². The zero-order chi connectivity index (χ0) is 88.7. The van der Waals surface area contributed by atoms with Gasteiger partial charge in [0.15, 0.2) is 35.4 Å². The smallest absolute Gasteiger partial charge is 0.274 e. The quantitative estimate of drug-likeness (QED) is 0.0139. The van der Waals surface area contributed by atoms with Crippen molar-refractivity contribution in [3.05, 3.63) is 60.7 Å². The van der Waals surface area contributed by atoms with E-state index in [1.54, 1.807) is 0 Å². The minimum atomic E-state index is -5.99. The van der Waals surface area contributed by atoms with Crippen LogP contribution in [-0.4, -0.2) is 196 Å². The van der Waals surface area contributed by atoms with Crippen LogP contribution in [0.1, 0.15) is 150 Å². The maximum atomic E-state index is 13.3. The maximum absolute atomic E-state index is 13.3. The summed E-state index contributed by atoms with van der Waals surface area (Å²) in [6, 6.07) is 8.20. The van der Waals surface area contributed by atoms with Gasteiger partial charge in [0.05, 0.1) is 54.7 Å². The summed E-state index contributed by atoms with van der Waals surface area (Å²) in [5, 5.41) is 53.2. The lowest BCUT2D eigenvalue weighted by Crippen LogP contribution is -2.46. The summed E-state index contributed by atoms with van der Waals surface area (Å²) in [5.74, 6) is -3.62. The lowest BCUT2D eigenvalue weighted by atomic mass is 9.81. The topological polar surface area (TPSA) is 750 Å². The number of imidazole rings is 2. The van der Waals surface area contributed by atoms with Crippen molar-refractivity contribution in [1.82, 2.24) is 60.3 Å². The molecule has 0 radical (unpaired) electrons. The summed E-state index contributed by atoms with van der Waals surface area (Å²) >= 11 is 0. The Morgan fingerprint density at radius 1 is 0.504 bits per heavy atom. The third-order valence-electron chi connectivity index (χ3n) is 19.2. The lowest BCUT2D eigenvalue weighted by Gasteiger charge is -2.36. The van der Waals surface area contributed by atoms with Gasteiger partial charge in [-0.05, 0) is 49.7 Å². The Labute approximate surface area is 681 Å². The number of hydrogen-bond acceptors (Lipinski definition) is 42. The van der Waals surface area contributed by atoms with Crippen LogP contribution in [0.15, 0.2) is 49.6 Å². The normalized spacial score (nSPS) is 21.5. The summed E-state index contributed by atoms with van der Waals surface area (Å²) in [7, 11) is -35.6. The summed E-state index contributed by atoms with van der Waals surface area (Å²) in [6.07, 6.45) is -9.18. The zero-order valence-electron chi connectivity index (χ0n) is 65.7. The van der Waals surface area contributed by atoms with Crippen molar-refractivity contribution >= 4 is 116 Å². The van der Waals surface area contributed by atoms with Crippen LogP contribution in [0, 0.1) is 21.7 Å². The van der Waals surface area contributed by atoms with Gasteiger partial charge in [0.1, 0.15) is 84.1 Å². The van der Waals surface area contributed by atoms with Gasteiger partial charge in [0.25, 0.3) is 31.3 Å². The van der Waals surface area contributed by atoms with Crippen molar-refractivity contribution in [2.24, 2.45) is 21.7 Å². The largest absolute Gasteiger partial charge is 0.790 e. The van der Waals surface area contributed by atoms with E-state index >= 15 is 0 Å². The Balaban J connectivity index is 0.701. The summed E-state index contributed by atoms with van der Waals surface area (Å²) in [5.41, 5.74) is 8.81. The first kappa shape index (κ1) is 99.7. The van der Waals surface area contributed by atoms with E-state index in [4.69, 9.17) is 20.9 Å². The van der Waals surface area contributed by atoms with Crippen LogP contribution in [0.3, 0.4) is 0 Å². The number of ether oxygens (including phenoxy) is 2. The molecule has 2 fully saturated rings. The molecule has 7 rings (SSSR count). The van der Waals surface area contributed by atoms with Gasteiger partial charge >= 0.3 is 0 Å². The van der Waals surface area contributed by atoms with E-state index in [0.717, 1.165) is 90.5 Å². The van der Waals surface area contributed by atoms with Gasteiger partial charge in [-0.3, -0.25) is 56.2 Å². The van der Waals surface area contributed by atoms with E-state index in [0.29, 0.717) is 12.8 Å². The van der Waals surface area contributed by atoms with Crippen molar-refractivity contribution in [3.8, 4) is 0 Å². The molecule has 1 aromatic carbocycles. The predicted octanol–water partition coefficient (Wildman–Crippen LogP) is -2.75. The number of phosphoric ester groups is 6. The fourth-order valence-corrected chi connectivity index (χ4v) is 17.8. The SMILES string of the molecule is CC(C)(CCCCCc1cccc(CCCCC(C)(C)C(=O)CCNC(=O)CCNC(=O)C(O)C(C)(C)COP(=O)([O-])OP(=O)([O-])OCC2OC(n3cnc4c(N)ncnc43)C(O)C2OP(=O)([O-])[O-])c1)C(=O)CCNC(=O)CCNC(=O)C(O)C(C)(C)COP(=O)([O-])OP(=O)([O-])OCC1OC(n2cnc3c(N)ncnc32)C(O)C1OP(=O)([O-])[O-]. The van der Waals surface area contributed by atoms with E-state index in [2.05, 4.69) is 93.0 Å². The second-order valence-corrected chi connectivity index (χ2v) is 38.8. The number of nitrogens with one attached hydrogen (secondary N) is 4. The number of nitrogens with zero attached hydrogens (tertiary/aromatic N) is 8. The first-order valence-corrected chi connectivity index (χ1v) is 45.7. The van der Waals surface area contributed by atoms with Gasteiger partial charge in [-0.15, -0.1) is 0 Å². The molecule has 6 heterocycles. The van der Waals surface area contributed by atoms with Crippen molar-refractivity contribution in [2.75, 3.05) is 64.1 Å². The molecular formula is C65H96N14O34P6-8. The number of aromatic nitrogens is 8. The molecule has 14 unspecified atom stereocenters. The second kappa shape index (κ2) is 41.9. The van der Waals surface area contributed by atoms with E-state index in [1.807, 2.05) is 45.9 Å². The number of Topliss-reactive ketones (excluding diaryl/α,β-unsaturated/α-hetero) is 2. The highest BCUT2D eigenvalue weighted by Crippen LogP contribution is 2.58. The Bertz CT molecular complexity index is 4660. The number of aliphatic hydroxyl groups is 4. The van der Waals surface area contributed by atoms with Gasteiger partial charge in [0.2, 0.25) is 23.6 Å². The number of hydrogen-bond donors (Lipinski definition) is 10. The van der Waals surface area contributed by atoms with Crippen molar-refractivity contribution < 1.29 is 161 Å². The number of ketones is 2. The molecule has 48 nitrogen and oxygen atoms in total. The monoisotopic (exact) mass is 1800 g/mol. The molecule has 668 valence electrons. The van der Waals surface area contributed by atoms with Crippen LogP contribution in [-0.2, 0) is 114 Å². The van der Waals surface area contributed by atoms with Crippen molar-refractivity contribution in [3.63, 3.8) is 0 Å². The number of nitrogen functional groups attached to an aromatic ring is 2. The number of nitrogens with two attached hydrogens (primary N) is 2. The number of phosphoric acid groups is 6. The molecule has 119 heavy (non-hydrogen) atoms. The third-order valence-corrected chi connectivity index (χ3v) is 25.3. The molecular weight excluding hydrogens is 1710 g/mol. The van der Waals surface area contributed by atoms with Crippen LogP contribution in [0.5, 0.6) is 0 Å². The zero-order valence-corrected chi connectivity index (χ0v) is 71.1. The average Bonchev–Trinajstić information content (AvgIpc) is 1.62. The second-order valence-electron chi connectivity index (χ2n) is 30.7. The number of rotatable bonds is 51. The molecule has 2 aliphatic rings. The molecule has 5 aromatic rings. The van der Waals surface area contributed by atoms with Crippen LogP contribution in [0.25, 0.3) is 22.3 Å². The average molecular weight is 1800 g/mol. The number of fused-ring (bicyclic) bond motifs is 2. The predicted molar refractivity (Wildman–Crippen MR) is 394 cm³/mol. The van der Waals surface area contributed by atoms with Crippen molar-refractivity contribution in [1.29, 1.82) is 0 Å². The number of anilines is 2. The molecule has 0 bridgehead atoms. The van der Waals surface area contributed by atoms with Gasteiger partial charge in [-0.25, -0.2) is 38.5 Å². The van der Waals surface area contributed by atoms with Gasteiger partial charge in [-0.2, -0.15) is 0 Å². The number of amides is 4. The first-order valence-electron chi connectivity index (χ1n) is 36.9. The molecule has 4 amide bonds. The maximum Gasteiger partial charge on any atom is 0.274 e. The number of unbranched alkanes of at least 4 members (excludes halogenated alkanes) is 3. The highest BCUT2D eigenvalue weighted by molar-refractivity contribution is 7.60. The number of carbonyl (C=O) groups excluding carboxylic acids is 6. The van der Waals surface area contributed by atoms with Crippen molar-refractivity contribution in [2.45, 2.75) is 200 Å². The lowest BCUT2D eigenvalue weighted by molar-refractivity contribution is -0.348. The highest BCUT2D eigenvalue weighted by Gasteiger charge is 2.50. The molecule has 12 N–H and O–H groups in total. The Hall–Kier alpha value is -6.36.